The second-order valence-corrected chi connectivity index (χ2v) is 9.62. The number of halogens is 1. The molecule has 0 aliphatic rings. The first-order chi connectivity index (χ1) is 14.2. The largest absolute Gasteiger partial charge is 0.497 e. The van der Waals surface area contributed by atoms with Gasteiger partial charge >= 0.3 is 0 Å². The SMILES string of the molecule is COc1cccc(N([C@@H](C)C(=O)Nc2nnc(-c3ccc(Cl)cc3)s2)S(C)(=O)=O)c1. The molecule has 0 bridgehead atoms. The molecule has 11 heteroatoms. The molecule has 0 unspecified atom stereocenters. The molecule has 0 aliphatic heterocycles. The van der Waals surface area contributed by atoms with Gasteiger partial charge in [-0.05, 0) is 31.2 Å². The van der Waals surface area contributed by atoms with Crippen molar-refractivity contribution in [2.75, 3.05) is 23.0 Å². The highest BCUT2D eigenvalue weighted by atomic mass is 35.5. The average molecular weight is 467 g/mol. The monoisotopic (exact) mass is 466 g/mol. The normalized spacial score (nSPS) is 12.3. The maximum atomic E-state index is 12.8. The standard InChI is InChI=1S/C19H19ClN4O4S2/c1-12(24(30(3,26)27)15-5-4-6-16(11-15)28-2)17(25)21-19-23-22-18(29-19)13-7-9-14(20)10-8-13/h4-12H,1-3H3,(H,21,23,25)/t12-/m0/s1. The van der Waals surface area contributed by atoms with E-state index in [4.69, 9.17) is 16.3 Å². The molecule has 0 fully saturated rings. The first-order valence-electron chi connectivity index (χ1n) is 8.73. The number of carbonyl (C=O) groups is 1. The Labute approximate surface area is 183 Å². The lowest BCUT2D eigenvalue weighted by Gasteiger charge is -2.28. The highest BCUT2D eigenvalue weighted by molar-refractivity contribution is 7.92. The molecule has 1 aromatic heterocycles. The molecule has 0 radical (unpaired) electrons. The van der Waals surface area contributed by atoms with Crippen LogP contribution in [-0.4, -0.2) is 43.9 Å². The van der Waals surface area contributed by atoms with E-state index >= 15 is 0 Å². The average Bonchev–Trinajstić information content (AvgIpc) is 3.16. The van der Waals surface area contributed by atoms with Crippen LogP contribution in [-0.2, 0) is 14.8 Å². The third-order valence-corrected chi connectivity index (χ3v) is 6.52. The maximum absolute atomic E-state index is 12.8. The third kappa shape index (κ3) is 5.07. The van der Waals surface area contributed by atoms with E-state index in [0.717, 1.165) is 16.1 Å². The number of methoxy groups -OCH3 is 1. The van der Waals surface area contributed by atoms with Crippen LogP contribution in [0.15, 0.2) is 48.5 Å². The van der Waals surface area contributed by atoms with Crippen LogP contribution in [0.2, 0.25) is 5.02 Å². The van der Waals surface area contributed by atoms with Gasteiger partial charge in [0.25, 0.3) is 0 Å². The van der Waals surface area contributed by atoms with Gasteiger partial charge in [-0.1, -0.05) is 41.1 Å². The number of carbonyl (C=O) groups excluding carboxylic acids is 1. The van der Waals surface area contributed by atoms with E-state index in [2.05, 4.69) is 15.5 Å². The van der Waals surface area contributed by atoms with E-state index in [-0.39, 0.29) is 5.13 Å². The second kappa shape index (κ2) is 8.99. The van der Waals surface area contributed by atoms with Crippen LogP contribution >= 0.6 is 22.9 Å². The van der Waals surface area contributed by atoms with E-state index < -0.39 is 22.0 Å². The molecule has 3 rings (SSSR count). The number of hydrogen-bond donors (Lipinski definition) is 1. The van der Waals surface area contributed by atoms with Crippen LogP contribution in [0.5, 0.6) is 5.75 Å². The Balaban J connectivity index is 1.81. The summed E-state index contributed by atoms with van der Waals surface area (Å²) in [5.41, 5.74) is 1.12. The zero-order valence-corrected chi connectivity index (χ0v) is 18.8. The van der Waals surface area contributed by atoms with Crippen LogP contribution in [0.1, 0.15) is 6.92 Å². The molecule has 0 spiro atoms. The lowest BCUT2D eigenvalue weighted by Crippen LogP contribution is -2.45. The summed E-state index contributed by atoms with van der Waals surface area (Å²) in [6.07, 6.45) is 1.04. The molecule has 8 nitrogen and oxygen atoms in total. The minimum atomic E-state index is -3.75. The van der Waals surface area contributed by atoms with Gasteiger partial charge < -0.3 is 4.74 Å². The van der Waals surface area contributed by atoms with Gasteiger partial charge in [-0.3, -0.25) is 14.4 Å². The Hall–Kier alpha value is -2.69. The van der Waals surface area contributed by atoms with E-state index in [0.29, 0.717) is 21.5 Å². The zero-order valence-electron chi connectivity index (χ0n) is 16.4. The summed E-state index contributed by atoms with van der Waals surface area (Å²) in [6.45, 7) is 1.50. The van der Waals surface area contributed by atoms with Crippen molar-refractivity contribution in [2.24, 2.45) is 0 Å². The first kappa shape index (κ1) is 22.0. The van der Waals surface area contributed by atoms with Crippen LogP contribution in [0.3, 0.4) is 0 Å². The fourth-order valence-corrected chi connectivity index (χ4v) is 4.79. The quantitative estimate of drug-likeness (QED) is 0.570. The molecule has 2 aromatic carbocycles. The molecule has 0 saturated carbocycles. The van der Waals surface area contributed by atoms with Gasteiger partial charge in [-0.25, -0.2) is 8.42 Å². The Morgan fingerprint density at radius 2 is 1.90 bits per heavy atom. The fraction of sp³-hybridized carbons (Fsp3) is 0.211. The van der Waals surface area contributed by atoms with Gasteiger partial charge in [-0.15, -0.1) is 10.2 Å². The molecule has 1 atom stereocenters. The Morgan fingerprint density at radius 1 is 1.20 bits per heavy atom. The van der Waals surface area contributed by atoms with Gasteiger partial charge in [0.2, 0.25) is 21.1 Å². The number of aromatic nitrogens is 2. The summed E-state index contributed by atoms with van der Waals surface area (Å²) in [7, 11) is -2.27. The number of benzene rings is 2. The lowest BCUT2D eigenvalue weighted by atomic mass is 10.2. The van der Waals surface area contributed by atoms with E-state index in [1.165, 1.54) is 25.4 Å². The summed E-state index contributed by atoms with van der Waals surface area (Å²) in [5, 5.41) is 12.1. The second-order valence-electron chi connectivity index (χ2n) is 6.34. The van der Waals surface area contributed by atoms with Crippen LogP contribution in [0.4, 0.5) is 10.8 Å². The van der Waals surface area contributed by atoms with Crippen LogP contribution in [0, 0.1) is 0 Å². The number of hydrogen-bond acceptors (Lipinski definition) is 7. The van der Waals surface area contributed by atoms with Gasteiger partial charge in [0.15, 0.2) is 0 Å². The fourth-order valence-electron chi connectivity index (χ4n) is 2.75. The summed E-state index contributed by atoms with van der Waals surface area (Å²) in [6, 6.07) is 12.5. The van der Waals surface area contributed by atoms with Crippen molar-refractivity contribution < 1.29 is 17.9 Å². The molecule has 1 heterocycles. The van der Waals surface area contributed by atoms with E-state index in [9.17, 15) is 13.2 Å². The molecule has 0 aliphatic carbocycles. The highest BCUT2D eigenvalue weighted by Crippen LogP contribution is 2.29. The van der Waals surface area contributed by atoms with Crippen LogP contribution < -0.4 is 14.4 Å². The predicted octanol–water partition coefficient (Wildman–Crippen LogP) is 3.66. The molecule has 0 saturated heterocycles. The molecule has 1 amide bonds. The van der Waals surface area contributed by atoms with Crippen molar-refractivity contribution in [1.29, 1.82) is 0 Å². The Morgan fingerprint density at radius 3 is 2.53 bits per heavy atom. The smallest absolute Gasteiger partial charge is 0.249 e. The molecule has 30 heavy (non-hydrogen) atoms. The number of nitrogens with one attached hydrogen (secondary N) is 1. The minimum Gasteiger partial charge on any atom is -0.497 e. The predicted molar refractivity (Wildman–Crippen MR) is 119 cm³/mol. The number of amides is 1. The van der Waals surface area contributed by atoms with Crippen LogP contribution in [0.25, 0.3) is 10.6 Å². The van der Waals surface area contributed by atoms with E-state index in [1.807, 2.05) is 0 Å². The molecule has 1 N–H and O–H groups in total. The number of anilines is 2. The Kier molecular flexibility index (Phi) is 6.59. The molecular formula is C19H19ClN4O4S2. The van der Waals surface area contributed by atoms with Gasteiger partial charge in [0.05, 0.1) is 19.1 Å². The van der Waals surface area contributed by atoms with Crippen molar-refractivity contribution >= 4 is 49.7 Å². The first-order valence-corrected chi connectivity index (χ1v) is 11.8. The summed E-state index contributed by atoms with van der Waals surface area (Å²) in [5.74, 6) is -0.0625. The minimum absolute atomic E-state index is 0.260. The van der Waals surface area contributed by atoms with Gasteiger partial charge in [0, 0.05) is 16.7 Å². The highest BCUT2D eigenvalue weighted by Gasteiger charge is 2.30. The zero-order chi connectivity index (χ0) is 21.9. The topological polar surface area (TPSA) is 101 Å². The molecule has 158 valence electrons. The Bertz CT molecular complexity index is 1150. The molecule has 3 aromatic rings. The third-order valence-electron chi connectivity index (χ3n) is 4.14. The number of sulfonamides is 1. The summed E-state index contributed by atoms with van der Waals surface area (Å²) >= 11 is 7.07. The summed E-state index contributed by atoms with van der Waals surface area (Å²) < 4.78 is 31.0. The maximum Gasteiger partial charge on any atom is 0.249 e. The number of rotatable bonds is 7. The van der Waals surface area contributed by atoms with Crippen molar-refractivity contribution in [3.05, 3.63) is 53.6 Å². The van der Waals surface area contributed by atoms with Gasteiger partial charge in [-0.2, -0.15) is 0 Å². The van der Waals surface area contributed by atoms with Crippen molar-refractivity contribution in [1.82, 2.24) is 10.2 Å². The number of ether oxygens (including phenoxy) is 1. The number of nitrogens with zero attached hydrogens (tertiary/aromatic N) is 3. The van der Waals surface area contributed by atoms with E-state index in [1.54, 1.807) is 48.5 Å². The van der Waals surface area contributed by atoms with Crippen molar-refractivity contribution in [3.8, 4) is 16.3 Å². The molecular weight excluding hydrogens is 448 g/mol. The summed E-state index contributed by atoms with van der Waals surface area (Å²) in [4.78, 5) is 12.8. The lowest BCUT2D eigenvalue weighted by molar-refractivity contribution is -0.116. The van der Waals surface area contributed by atoms with Gasteiger partial charge in [0.1, 0.15) is 16.8 Å². The van der Waals surface area contributed by atoms with Crippen molar-refractivity contribution in [3.63, 3.8) is 0 Å². The van der Waals surface area contributed by atoms with Crippen molar-refractivity contribution in [2.45, 2.75) is 13.0 Å².